The Kier molecular flexibility index (Phi) is 6.54. The second kappa shape index (κ2) is 6.86. The molecular weight excluding hydrogens is 168 g/mol. The summed E-state index contributed by atoms with van der Waals surface area (Å²) < 4.78 is 4.85. The zero-order valence-corrected chi connectivity index (χ0v) is 8.67. The number of methoxy groups -OCH3 is 1. The van der Waals surface area contributed by atoms with Gasteiger partial charge in [-0.15, -0.1) is 0 Å². The summed E-state index contributed by atoms with van der Waals surface area (Å²) in [6, 6.07) is 0.205. The number of hydrogen-bond acceptors (Lipinski definition) is 3. The van der Waals surface area contributed by atoms with Gasteiger partial charge in [0, 0.05) is 19.7 Å². The molecule has 0 rings (SSSR count). The van der Waals surface area contributed by atoms with Crippen molar-refractivity contribution in [1.29, 1.82) is 0 Å². The lowest BCUT2D eigenvalue weighted by Crippen LogP contribution is -2.34. The average Bonchev–Trinajstić information content (AvgIpc) is 2.10. The van der Waals surface area contributed by atoms with Crippen molar-refractivity contribution in [2.75, 3.05) is 13.7 Å². The molecule has 4 heteroatoms. The largest absolute Gasteiger partial charge is 0.372 e. The number of nitrogens with two attached hydrogens (primary N) is 1. The van der Waals surface area contributed by atoms with Gasteiger partial charge in [0.1, 0.15) is 6.10 Å². The van der Waals surface area contributed by atoms with Crippen LogP contribution in [0, 0.1) is 0 Å². The molecule has 3 N–H and O–H groups in total. The summed E-state index contributed by atoms with van der Waals surface area (Å²) in [4.78, 5) is 11.2. The Labute approximate surface area is 79.8 Å². The first-order valence-electron chi connectivity index (χ1n) is 4.64. The van der Waals surface area contributed by atoms with Crippen molar-refractivity contribution in [2.24, 2.45) is 5.73 Å². The molecular formula is C9H20N2O2. The van der Waals surface area contributed by atoms with Gasteiger partial charge in [0.2, 0.25) is 5.91 Å². The maximum absolute atomic E-state index is 11.2. The second-order valence-electron chi connectivity index (χ2n) is 3.29. The lowest BCUT2D eigenvalue weighted by molar-refractivity contribution is -0.130. The number of rotatable bonds is 6. The standard InChI is InChI=1S/C9H20N2O2/c1-7(10)5-4-6-11-9(12)8(2)13-3/h7-8H,4-6,10H2,1-3H3,(H,11,12). The Hall–Kier alpha value is -0.610. The average molecular weight is 188 g/mol. The van der Waals surface area contributed by atoms with E-state index in [-0.39, 0.29) is 18.1 Å². The zero-order chi connectivity index (χ0) is 10.3. The van der Waals surface area contributed by atoms with Gasteiger partial charge in [0.15, 0.2) is 0 Å². The van der Waals surface area contributed by atoms with Crippen molar-refractivity contribution in [1.82, 2.24) is 5.32 Å². The Morgan fingerprint density at radius 1 is 1.54 bits per heavy atom. The SMILES string of the molecule is COC(C)C(=O)NCCCC(C)N. The molecule has 0 aliphatic heterocycles. The smallest absolute Gasteiger partial charge is 0.248 e. The quantitative estimate of drug-likeness (QED) is 0.588. The van der Waals surface area contributed by atoms with E-state index < -0.39 is 0 Å². The van der Waals surface area contributed by atoms with Crippen molar-refractivity contribution in [3.63, 3.8) is 0 Å². The van der Waals surface area contributed by atoms with Gasteiger partial charge < -0.3 is 15.8 Å². The van der Waals surface area contributed by atoms with E-state index in [1.54, 1.807) is 6.92 Å². The number of hydrogen-bond donors (Lipinski definition) is 2. The fourth-order valence-electron chi connectivity index (χ4n) is 0.886. The lowest BCUT2D eigenvalue weighted by atomic mass is 10.2. The van der Waals surface area contributed by atoms with Crippen LogP contribution in [-0.2, 0) is 9.53 Å². The maximum Gasteiger partial charge on any atom is 0.248 e. The molecule has 2 unspecified atom stereocenters. The predicted octanol–water partition coefficient (Wildman–Crippen LogP) is 0.265. The van der Waals surface area contributed by atoms with E-state index in [9.17, 15) is 4.79 Å². The fraction of sp³-hybridized carbons (Fsp3) is 0.889. The summed E-state index contributed by atoms with van der Waals surface area (Å²) in [5.74, 6) is -0.0628. The number of ether oxygens (including phenoxy) is 1. The van der Waals surface area contributed by atoms with E-state index in [1.807, 2.05) is 6.92 Å². The molecule has 0 saturated carbocycles. The Morgan fingerprint density at radius 2 is 2.15 bits per heavy atom. The van der Waals surface area contributed by atoms with Crippen molar-refractivity contribution >= 4 is 5.91 Å². The van der Waals surface area contributed by atoms with Crippen LogP contribution in [0.1, 0.15) is 26.7 Å². The van der Waals surface area contributed by atoms with Crippen LogP contribution >= 0.6 is 0 Å². The minimum absolute atomic E-state index is 0.0628. The first kappa shape index (κ1) is 12.4. The minimum atomic E-state index is -0.365. The van der Waals surface area contributed by atoms with E-state index >= 15 is 0 Å². The first-order valence-corrected chi connectivity index (χ1v) is 4.64. The molecule has 1 amide bonds. The predicted molar refractivity (Wildman–Crippen MR) is 52.4 cm³/mol. The first-order chi connectivity index (χ1) is 6.07. The third-order valence-electron chi connectivity index (χ3n) is 1.86. The van der Waals surface area contributed by atoms with Crippen LogP contribution < -0.4 is 11.1 Å². The van der Waals surface area contributed by atoms with Crippen molar-refractivity contribution in [2.45, 2.75) is 38.8 Å². The van der Waals surface area contributed by atoms with Crippen LogP contribution in [0.3, 0.4) is 0 Å². The summed E-state index contributed by atoms with van der Waals surface area (Å²) in [5, 5.41) is 2.77. The van der Waals surface area contributed by atoms with Gasteiger partial charge in [0.25, 0.3) is 0 Å². The van der Waals surface area contributed by atoms with Crippen molar-refractivity contribution in [3.8, 4) is 0 Å². The van der Waals surface area contributed by atoms with Gasteiger partial charge in [-0.1, -0.05) is 0 Å². The molecule has 13 heavy (non-hydrogen) atoms. The van der Waals surface area contributed by atoms with Gasteiger partial charge in [-0.25, -0.2) is 0 Å². The summed E-state index contributed by atoms with van der Waals surface area (Å²) in [6.45, 7) is 4.36. The topological polar surface area (TPSA) is 64.3 Å². The monoisotopic (exact) mass is 188 g/mol. The summed E-state index contributed by atoms with van der Waals surface area (Å²) in [7, 11) is 1.52. The van der Waals surface area contributed by atoms with Crippen molar-refractivity contribution in [3.05, 3.63) is 0 Å². The molecule has 4 nitrogen and oxygen atoms in total. The number of carbonyl (C=O) groups is 1. The molecule has 0 aromatic heterocycles. The zero-order valence-electron chi connectivity index (χ0n) is 8.67. The summed E-state index contributed by atoms with van der Waals surface area (Å²) in [6.07, 6.45) is 1.48. The molecule has 0 aromatic rings. The molecule has 0 aliphatic rings. The number of nitrogens with one attached hydrogen (secondary N) is 1. The Balaban J connectivity index is 3.37. The highest BCUT2D eigenvalue weighted by Gasteiger charge is 2.09. The summed E-state index contributed by atoms with van der Waals surface area (Å²) in [5.41, 5.74) is 5.56. The molecule has 0 heterocycles. The minimum Gasteiger partial charge on any atom is -0.372 e. The molecule has 0 bridgehead atoms. The van der Waals surface area contributed by atoms with Crippen LogP contribution in [0.4, 0.5) is 0 Å². The van der Waals surface area contributed by atoms with Crippen LogP contribution in [-0.4, -0.2) is 31.7 Å². The van der Waals surface area contributed by atoms with E-state index in [0.29, 0.717) is 6.54 Å². The van der Waals surface area contributed by atoms with E-state index in [2.05, 4.69) is 5.32 Å². The van der Waals surface area contributed by atoms with Crippen LogP contribution in [0.25, 0.3) is 0 Å². The molecule has 0 aromatic carbocycles. The highest BCUT2D eigenvalue weighted by atomic mass is 16.5. The highest BCUT2D eigenvalue weighted by Crippen LogP contribution is 1.92. The van der Waals surface area contributed by atoms with Crippen LogP contribution in [0.5, 0.6) is 0 Å². The van der Waals surface area contributed by atoms with E-state index in [4.69, 9.17) is 10.5 Å². The molecule has 0 spiro atoms. The molecule has 78 valence electrons. The van der Waals surface area contributed by atoms with Crippen LogP contribution in [0.15, 0.2) is 0 Å². The maximum atomic E-state index is 11.2. The molecule has 0 saturated heterocycles. The highest BCUT2D eigenvalue weighted by molar-refractivity contribution is 5.80. The van der Waals surface area contributed by atoms with Crippen molar-refractivity contribution < 1.29 is 9.53 Å². The lowest BCUT2D eigenvalue weighted by Gasteiger charge is -2.10. The van der Waals surface area contributed by atoms with Crippen LogP contribution in [0.2, 0.25) is 0 Å². The Bertz CT molecular complexity index is 149. The van der Waals surface area contributed by atoms with Gasteiger partial charge in [-0.3, -0.25) is 4.79 Å². The number of carbonyl (C=O) groups excluding carboxylic acids is 1. The second-order valence-corrected chi connectivity index (χ2v) is 3.29. The Morgan fingerprint density at radius 3 is 2.62 bits per heavy atom. The third kappa shape index (κ3) is 6.54. The summed E-state index contributed by atoms with van der Waals surface area (Å²) >= 11 is 0. The van der Waals surface area contributed by atoms with Gasteiger partial charge in [-0.05, 0) is 26.7 Å². The van der Waals surface area contributed by atoms with E-state index in [1.165, 1.54) is 7.11 Å². The third-order valence-corrected chi connectivity index (χ3v) is 1.86. The normalized spacial score (nSPS) is 15.1. The van der Waals surface area contributed by atoms with E-state index in [0.717, 1.165) is 12.8 Å². The molecule has 0 radical (unpaired) electrons. The van der Waals surface area contributed by atoms with Gasteiger partial charge in [-0.2, -0.15) is 0 Å². The van der Waals surface area contributed by atoms with Gasteiger partial charge in [0.05, 0.1) is 0 Å². The van der Waals surface area contributed by atoms with Gasteiger partial charge >= 0.3 is 0 Å². The fourth-order valence-corrected chi connectivity index (χ4v) is 0.886. The molecule has 0 aliphatic carbocycles. The molecule has 0 fully saturated rings. The molecule has 2 atom stereocenters. The number of amides is 1.